The Labute approximate surface area is 165 Å². The van der Waals surface area contributed by atoms with Crippen LogP contribution in [-0.4, -0.2) is 42.8 Å². The fourth-order valence-electron chi connectivity index (χ4n) is 2.79. The number of sulfonamides is 1. The van der Waals surface area contributed by atoms with Gasteiger partial charge in [0, 0.05) is 18.9 Å². The number of rotatable bonds is 3. The Balaban J connectivity index is 1.97. The summed E-state index contributed by atoms with van der Waals surface area (Å²) < 4.78 is 47.7. The van der Waals surface area contributed by atoms with Crippen LogP contribution in [0.25, 0.3) is 0 Å². The van der Waals surface area contributed by atoms with Gasteiger partial charge in [0.25, 0.3) is 5.91 Å². The standard InChI is InChI=1S/C18H15FN4O5S/c1-3-14(24)13-9-28-17-15(29(26,27)22-13)8-23(2)16(17)18(25)21-11-4-5-12(19)10(6-11)7-20/h1,4-6,8,13-14,22,24H,9H2,2H3,(H,21,25)/t13-,14-/m0/s1. The van der Waals surface area contributed by atoms with Gasteiger partial charge in [0.05, 0.1) is 11.6 Å². The maximum absolute atomic E-state index is 13.5. The van der Waals surface area contributed by atoms with Crippen molar-refractivity contribution in [1.82, 2.24) is 9.29 Å². The summed E-state index contributed by atoms with van der Waals surface area (Å²) in [6.07, 6.45) is 4.89. The van der Waals surface area contributed by atoms with Crippen LogP contribution in [0.1, 0.15) is 16.1 Å². The molecule has 0 fully saturated rings. The zero-order valence-corrected chi connectivity index (χ0v) is 15.8. The number of ether oxygens (including phenoxy) is 1. The normalized spacial score (nSPS) is 18.3. The van der Waals surface area contributed by atoms with Crippen LogP contribution in [0.4, 0.5) is 10.1 Å². The van der Waals surface area contributed by atoms with Gasteiger partial charge in [-0.05, 0) is 18.2 Å². The molecule has 1 amide bonds. The van der Waals surface area contributed by atoms with Crippen molar-refractivity contribution in [3.63, 3.8) is 0 Å². The Hall–Kier alpha value is -3.38. The van der Waals surface area contributed by atoms with Crippen molar-refractivity contribution in [3.8, 4) is 24.2 Å². The number of anilines is 1. The molecule has 1 aromatic carbocycles. The van der Waals surface area contributed by atoms with Crippen LogP contribution >= 0.6 is 0 Å². The van der Waals surface area contributed by atoms with E-state index >= 15 is 0 Å². The molecule has 0 unspecified atom stereocenters. The van der Waals surface area contributed by atoms with E-state index in [1.54, 1.807) is 6.07 Å². The predicted molar refractivity (Wildman–Crippen MR) is 98.9 cm³/mol. The molecule has 3 N–H and O–H groups in total. The molecule has 0 bridgehead atoms. The summed E-state index contributed by atoms with van der Waals surface area (Å²) >= 11 is 0. The quantitative estimate of drug-likeness (QED) is 0.615. The molecular formula is C18H15FN4O5S. The smallest absolute Gasteiger partial charge is 0.276 e. The highest BCUT2D eigenvalue weighted by Gasteiger charge is 2.36. The Morgan fingerprint density at radius 2 is 2.28 bits per heavy atom. The van der Waals surface area contributed by atoms with E-state index in [0.29, 0.717) is 0 Å². The summed E-state index contributed by atoms with van der Waals surface area (Å²) in [4.78, 5) is 12.5. The minimum atomic E-state index is -4.13. The van der Waals surface area contributed by atoms with Gasteiger partial charge in [-0.3, -0.25) is 4.79 Å². The van der Waals surface area contributed by atoms with Gasteiger partial charge in [0.1, 0.15) is 29.5 Å². The summed E-state index contributed by atoms with van der Waals surface area (Å²) in [6.45, 7) is -0.309. The van der Waals surface area contributed by atoms with Crippen LogP contribution < -0.4 is 14.8 Å². The molecule has 1 aliphatic rings. The number of nitriles is 1. The van der Waals surface area contributed by atoms with Crippen LogP contribution in [0.2, 0.25) is 0 Å². The molecule has 29 heavy (non-hydrogen) atoms. The molecule has 0 spiro atoms. The number of amides is 1. The number of aromatic nitrogens is 1. The summed E-state index contributed by atoms with van der Waals surface area (Å²) in [5.41, 5.74) is -0.246. The van der Waals surface area contributed by atoms with Gasteiger partial charge in [-0.25, -0.2) is 17.5 Å². The number of terminal acetylenes is 1. The van der Waals surface area contributed by atoms with E-state index in [9.17, 15) is 22.7 Å². The first-order chi connectivity index (χ1) is 13.7. The third kappa shape index (κ3) is 3.79. The Kier molecular flexibility index (Phi) is 5.31. The second kappa shape index (κ2) is 7.56. The van der Waals surface area contributed by atoms with Crippen molar-refractivity contribution in [2.24, 2.45) is 7.05 Å². The molecule has 1 aliphatic heterocycles. The maximum atomic E-state index is 13.5. The fraction of sp³-hybridized carbons (Fsp3) is 0.222. The number of nitrogens with zero attached hydrogens (tertiary/aromatic N) is 2. The van der Waals surface area contributed by atoms with Gasteiger partial charge < -0.3 is 19.7 Å². The largest absolute Gasteiger partial charge is 0.488 e. The molecule has 150 valence electrons. The molecule has 9 nitrogen and oxygen atoms in total. The van der Waals surface area contributed by atoms with E-state index in [0.717, 1.165) is 12.1 Å². The number of benzene rings is 1. The third-order valence-corrected chi connectivity index (χ3v) is 5.70. The molecule has 0 aliphatic carbocycles. The molecule has 11 heteroatoms. The van der Waals surface area contributed by atoms with Gasteiger partial charge in [-0.15, -0.1) is 6.42 Å². The zero-order valence-electron chi connectivity index (χ0n) is 15.0. The Morgan fingerprint density at radius 3 is 2.93 bits per heavy atom. The van der Waals surface area contributed by atoms with E-state index < -0.39 is 33.9 Å². The average molecular weight is 418 g/mol. The first kappa shape index (κ1) is 20.4. The topological polar surface area (TPSA) is 133 Å². The zero-order chi connectivity index (χ0) is 21.3. The monoisotopic (exact) mass is 418 g/mol. The number of fused-ring (bicyclic) bond motifs is 1. The molecule has 0 saturated carbocycles. The molecule has 3 rings (SSSR count). The van der Waals surface area contributed by atoms with E-state index in [4.69, 9.17) is 16.4 Å². The number of aliphatic hydroxyl groups is 1. The summed E-state index contributed by atoms with van der Waals surface area (Å²) in [5.74, 6) is 0.328. The first-order valence-corrected chi connectivity index (χ1v) is 9.66. The third-order valence-electron chi connectivity index (χ3n) is 4.22. The van der Waals surface area contributed by atoms with E-state index in [2.05, 4.69) is 10.0 Å². The van der Waals surface area contributed by atoms with Crippen LogP contribution in [0.3, 0.4) is 0 Å². The van der Waals surface area contributed by atoms with E-state index in [1.807, 2.05) is 5.92 Å². The first-order valence-electron chi connectivity index (χ1n) is 8.17. The van der Waals surface area contributed by atoms with Crippen molar-refractivity contribution in [3.05, 3.63) is 41.5 Å². The van der Waals surface area contributed by atoms with Crippen molar-refractivity contribution >= 4 is 21.6 Å². The number of halogens is 1. The van der Waals surface area contributed by atoms with Crippen molar-refractivity contribution in [2.75, 3.05) is 11.9 Å². The summed E-state index contributed by atoms with van der Waals surface area (Å²) in [5, 5.41) is 21.2. The Morgan fingerprint density at radius 1 is 1.55 bits per heavy atom. The van der Waals surface area contributed by atoms with Gasteiger partial charge in [-0.2, -0.15) is 5.26 Å². The van der Waals surface area contributed by atoms with Crippen LogP contribution in [-0.2, 0) is 17.1 Å². The lowest BCUT2D eigenvalue weighted by molar-refractivity contribution is 0.101. The lowest BCUT2D eigenvalue weighted by atomic mass is 10.2. The highest BCUT2D eigenvalue weighted by atomic mass is 32.2. The Bertz CT molecular complexity index is 1180. The number of aryl methyl sites for hydroxylation is 1. The molecule has 0 radical (unpaired) electrons. The molecule has 2 aromatic rings. The number of nitrogens with one attached hydrogen (secondary N) is 2. The van der Waals surface area contributed by atoms with Crippen molar-refractivity contribution < 1.29 is 27.4 Å². The molecular weight excluding hydrogens is 403 g/mol. The predicted octanol–water partition coefficient (Wildman–Crippen LogP) is 0.322. The van der Waals surface area contributed by atoms with Gasteiger partial charge in [-0.1, -0.05) is 5.92 Å². The lowest BCUT2D eigenvalue weighted by Gasteiger charge is -2.17. The summed E-state index contributed by atoms with van der Waals surface area (Å²) in [6, 6.07) is 3.99. The second-order valence-electron chi connectivity index (χ2n) is 6.19. The minimum absolute atomic E-state index is 0.121. The molecule has 0 saturated heterocycles. The van der Waals surface area contributed by atoms with Gasteiger partial charge in [0.15, 0.2) is 11.4 Å². The molecule has 2 heterocycles. The number of hydrogen-bond donors (Lipinski definition) is 3. The number of aliphatic hydroxyl groups excluding tert-OH is 1. The summed E-state index contributed by atoms with van der Waals surface area (Å²) in [7, 11) is -2.69. The van der Waals surface area contributed by atoms with E-state index in [-0.39, 0.29) is 34.2 Å². The van der Waals surface area contributed by atoms with Gasteiger partial charge in [0.2, 0.25) is 10.0 Å². The number of hydrogen-bond acceptors (Lipinski definition) is 6. The SMILES string of the molecule is C#C[C@H](O)[C@@H]1COc2c(cn(C)c2C(=O)Nc2ccc(F)c(C#N)c2)S(=O)(=O)N1. The van der Waals surface area contributed by atoms with Crippen molar-refractivity contribution in [2.45, 2.75) is 17.0 Å². The van der Waals surface area contributed by atoms with Crippen LogP contribution in [0.15, 0.2) is 29.3 Å². The maximum Gasteiger partial charge on any atom is 0.276 e. The lowest BCUT2D eigenvalue weighted by Crippen LogP contribution is -2.44. The number of carbonyl (C=O) groups excluding carboxylic acids is 1. The van der Waals surface area contributed by atoms with Crippen LogP contribution in [0, 0.1) is 29.5 Å². The second-order valence-corrected chi connectivity index (χ2v) is 7.88. The molecule has 2 atom stereocenters. The number of carbonyl (C=O) groups is 1. The average Bonchev–Trinajstić information content (AvgIpc) is 2.96. The van der Waals surface area contributed by atoms with E-state index in [1.165, 1.54) is 23.9 Å². The molecule has 1 aromatic heterocycles. The highest BCUT2D eigenvalue weighted by molar-refractivity contribution is 7.89. The van der Waals surface area contributed by atoms with Crippen molar-refractivity contribution in [1.29, 1.82) is 5.26 Å². The minimum Gasteiger partial charge on any atom is -0.488 e. The van der Waals surface area contributed by atoms with Gasteiger partial charge >= 0.3 is 0 Å². The highest BCUT2D eigenvalue weighted by Crippen LogP contribution is 2.33. The van der Waals surface area contributed by atoms with Crippen LogP contribution in [0.5, 0.6) is 5.75 Å². The fourth-order valence-corrected chi connectivity index (χ4v) is 4.21.